The van der Waals surface area contributed by atoms with Gasteiger partial charge in [0.1, 0.15) is 5.52 Å². The molecule has 27 heavy (non-hydrogen) atoms. The number of carbonyl (C=O) groups excluding carboxylic acids is 1. The van der Waals surface area contributed by atoms with Crippen molar-refractivity contribution in [2.24, 2.45) is 0 Å². The van der Waals surface area contributed by atoms with E-state index in [1.165, 1.54) is 6.07 Å². The van der Waals surface area contributed by atoms with E-state index in [9.17, 15) is 18.0 Å². The monoisotopic (exact) mass is 395 g/mol. The van der Waals surface area contributed by atoms with Crippen molar-refractivity contribution in [2.75, 3.05) is 11.1 Å². The van der Waals surface area contributed by atoms with Gasteiger partial charge in [0.25, 0.3) is 0 Å². The maximum absolute atomic E-state index is 12.5. The van der Waals surface area contributed by atoms with Gasteiger partial charge in [0, 0.05) is 17.8 Å². The second-order valence-electron chi connectivity index (χ2n) is 6.11. The molecule has 0 saturated heterocycles. The Morgan fingerprint density at radius 1 is 1.26 bits per heavy atom. The predicted molar refractivity (Wildman–Crippen MR) is 96.7 cm³/mol. The maximum Gasteiger partial charge on any atom is 0.417 e. The lowest BCUT2D eigenvalue weighted by molar-refractivity contribution is -0.137. The third kappa shape index (κ3) is 4.79. The molecule has 142 valence electrons. The van der Waals surface area contributed by atoms with Crippen molar-refractivity contribution in [1.82, 2.24) is 9.97 Å². The number of thioether (sulfide) groups is 1. The second kappa shape index (κ2) is 7.59. The highest BCUT2D eigenvalue weighted by Crippen LogP contribution is 2.29. The molecule has 0 unspecified atom stereocenters. The van der Waals surface area contributed by atoms with Gasteiger partial charge in [-0.1, -0.05) is 25.6 Å². The number of amides is 1. The molecular weight excluding hydrogens is 379 g/mol. The number of carbonyl (C=O) groups is 1. The standard InChI is InChI=1S/C18H16F3N3O2S/c1-10(2)17-24-13-7-12(4-5-14(13)26-17)23-15(25)9-27-16-6-3-11(8-22-16)18(19,20)21/h3-8,10H,9H2,1-2H3,(H,23,25). The number of rotatable bonds is 5. The first-order valence-corrected chi connectivity index (χ1v) is 9.07. The van der Waals surface area contributed by atoms with E-state index in [1.807, 2.05) is 13.8 Å². The number of nitrogens with one attached hydrogen (secondary N) is 1. The van der Waals surface area contributed by atoms with E-state index in [0.717, 1.165) is 24.0 Å². The first-order chi connectivity index (χ1) is 12.7. The quantitative estimate of drug-likeness (QED) is 0.609. The Labute approximate surface area is 157 Å². The van der Waals surface area contributed by atoms with Gasteiger partial charge in [-0.25, -0.2) is 9.97 Å². The summed E-state index contributed by atoms with van der Waals surface area (Å²) in [6.45, 7) is 3.94. The minimum atomic E-state index is -4.43. The SMILES string of the molecule is CC(C)c1nc2cc(NC(=O)CSc3ccc(C(F)(F)F)cn3)ccc2o1. The summed E-state index contributed by atoms with van der Waals surface area (Å²) < 4.78 is 43.1. The van der Waals surface area contributed by atoms with Crippen LogP contribution in [0.1, 0.15) is 31.2 Å². The summed E-state index contributed by atoms with van der Waals surface area (Å²) in [6, 6.07) is 7.34. The van der Waals surface area contributed by atoms with Crippen molar-refractivity contribution in [3.05, 3.63) is 48.0 Å². The first-order valence-electron chi connectivity index (χ1n) is 8.09. The molecule has 0 saturated carbocycles. The van der Waals surface area contributed by atoms with E-state index in [4.69, 9.17) is 4.42 Å². The summed E-state index contributed by atoms with van der Waals surface area (Å²) in [5, 5.41) is 3.07. The minimum absolute atomic E-state index is 0.0203. The molecule has 0 aliphatic rings. The Bertz CT molecular complexity index is 953. The van der Waals surface area contributed by atoms with Gasteiger partial charge in [-0.2, -0.15) is 13.2 Å². The molecule has 1 N–H and O–H groups in total. The van der Waals surface area contributed by atoms with Gasteiger partial charge in [-0.05, 0) is 30.3 Å². The Kier molecular flexibility index (Phi) is 5.41. The van der Waals surface area contributed by atoms with Gasteiger partial charge < -0.3 is 9.73 Å². The summed E-state index contributed by atoms with van der Waals surface area (Å²) in [6.07, 6.45) is -3.67. The number of nitrogens with zero attached hydrogens (tertiary/aromatic N) is 2. The molecule has 9 heteroatoms. The number of fused-ring (bicyclic) bond motifs is 1. The molecule has 1 aromatic carbocycles. The second-order valence-corrected chi connectivity index (χ2v) is 7.10. The van der Waals surface area contributed by atoms with E-state index in [0.29, 0.717) is 27.7 Å². The number of benzene rings is 1. The van der Waals surface area contributed by atoms with Crippen LogP contribution in [0.15, 0.2) is 46.0 Å². The number of oxazole rings is 1. The average molecular weight is 395 g/mol. The fourth-order valence-electron chi connectivity index (χ4n) is 2.24. The van der Waals surface area contributed by atoms with Crippen molar-refractivity contribution >= 4 is 34.5 Å². The zero-order valence-electron chi connectivity index (χ0n) is 14.5. The summed E-state index contributed by atoms with van der Waals surface area (Å²) in [4.78, 5) is 20.2. The molecule has 0 aliphatic heterocycles. The van der Waals surface area contributed by atoms with Crippen LogP contribution in [-0.2, 0) is 11.0 Å². The van der Waals surface area contributed by atoms with Crippen LogP contribution in [0.2, 0.25) is 0 Å². The Morgan fingerprint density at radius 2 is 2.04 bits per heavy atom. The Morgan fingerprint density at radius 3 is 2.67 bits per heavy atom. The highest BCUT2D eigenvalue weighted by Gasteiger charge is 2.30. The molecule has 1 amide bonds. The van der Waals surface area contributed by atoms with Crippen LogP contribution < -0.4 is 5.32 Å². The third-order valence-corrected chi connectivity index (χ3v) is 4.54. The maximum atomic E-state index is 12.5. The highest BCUT2D eigenvalue weighted by molar-refractivity contribution is 7.99. The van der Waals surface area contributed by atoms with Crippen LogP contribution in [0.25, 0.3) is 11.1 Å². The zero-order chi connectivity index (χ0) is 19.6. The number of halogens is 3. The first kappa shape index (κ1) is 19.2. The third-order valence-electron chi connectivity index (χ3n) is 3.60. The van der Waals surface area contributed by atoms with Crippen molar-refractivity contribution < 1.29 is 22.4 Å². The largest absolute Gasteiger partial charge is 0.440 e. The van der Waals surface area contributed by atoms with Crippen molar-refractivity contribution in [2.45, 2.75) is 31.0 Å². The molecule has 3 aromatic rings. The topological polar surface area (TPSA) is 68.0 Å². The van der Waals surface area contributed by atoms with Gasteiger partial charge in [0.15, 0.2) is 11.5 Å². The Hall–Kier alpha value is -2.55. The number of pyridine rings is 1. The van der Waals surface area contributed by atoms with Crippen LogP contribution in [0.3, 0.4) is 0 Å². The minimum Gasteiger partial charge on any atom is -0.440 e. The molecule has 0 atom stereocenters. The molecule has 3 rings (SSSR count). The van der Waals surface area contributed by atoms with Crippen molar-refractivity contribution in [3.8, 4) is 0 Å². The van der Waals surface area contributed by atoms with E-state index < -0.39 is 11.7 Å². The van der Waals surface area contributed by atoms with Crippen molar-refractivity contribution in [3.63, 3.8) is 0 Å². The summed E-state index contributed by atoms with van der Waals surface area (Å²) >= 11 is 1.05. The van der Waals surface area contributed by atoms with E-state index in [-0.39, 0.29) is 17.6 Å². The molecule has 2 aromatic heterocycles. The van der Waals surface area contributed by atoms with E-state index in [1.54, 1.807) is 18.2 Å². The fraction of sp³-hybridized carbons (Fsp3) is 0.278. The molecule has 0 spiro atoms. The van der Waals surface area contributed by atoms with Crippen LogP contribution in [0, 0.1) is 0 Å². The zero-order valence-corrected chi connectivity index (χ0v) is 15.3. The van der Waals surface area contributed by atoms with Crippen molar-refractivity contribution in [1.29, 1.82) is 0 Å². The lowest BCUT2D eigenvalue weighted by Crippen LogP contribution is -2.14. The smallest absolute Gasteiger partial charge is 0.417 e. The molecule has 0 radical (unpaired) electrons. The molecule has 5 nitrogen and oxygen atoms in total. The number of alkyl halides is 3. The summed E-state index contributed by atoms with van der Waals surface area (Å²) in [7, 11) is 0. The lowest BCUT2D eigenvalue weighted by atomic mass is 10.2. The molecule has 2 heterocycles. The van der Waals surface area contributed by atoms with Gasteiger partial charge in [0.2, 0.25) is 5.91 Å². The van der Waals surface area contributed by atoms with Gasteiger partial charge in [-0.3, -0.25) is 4.79 Å². The van der Waals surface area contributed by atoms with Gasteiger partial charge >= 0.3 is 6.18 Å². The summed E-state index contributed by atoms with van der Waals surface area (Å²) in [5.41, 5.74) is 1.03. The van der Waals surface area contributed by atoms with Crippen LogP contribution in [-0.4, -0.2) is 21.6 Å². The Balaban J connectivity index is 1.59. The van der Waals surface area contributed by atoms with Crippen LogP contribution in [0.4, 0.5) is 18.9 Å². The molecule has 0 fully saturated rings. The van der Waals surface area contributed by atoms with Gasteiger partial charge in [0.05, 0.1) is 16.3 Å². The molecule has 0 bridgehead atoms. The van der Waals surface area contributed by atoms with E-state index in [2.05, 4.69) is 15.3 Å². The van der Waals surface area contributed by atoms with E-state index >= 15 is 0 Å². The number of hydrogen-bond donors (Lipinski definition) is 1. The highest BCUT2D eigenvalue weighted by atomic mass is 32.2. The number of aromatic nitrogens is 2. The molecular formula is C18H16F3N3O2S. The number of hydrogen-bond acceptors (Lipinski definition) is 5. The van der Waals surface area contributed by atoms with Crippen LogP contribution >= 0.6 is 11.8 Å². The summed E-state index contributed by atoms with van der Waals surface area (Å²) in [5.74, 6) is 0.501. The van der Waals surface area contributed by atoms with Gasteiger partial charge in [-0.15, -0.1) is 0 Å². The fourth-order valence-corrected chi connectivity index (χ4v) is 2.88. The normalized spacial score (nSPS) is 11.9. The molecule has 0 aliphatic carbocycles. The van der Waals surface area contributed by atoms with Crippen LogP contribution in [0.5, 0.6) is 0 Å². The number of anilines is 1. The lowest BCUT2D eigenvalue weighted by Gasteiger charge is -2.07. The average Bonchev–Trinajstić information content (AvgIpc) is 3.03. The predicted octanol–water partition coefficient (Wildman–Crippen LogP) is 5.10.